The summed E-state index contributed by atoms with van der Waals surface area (Å²) in [6.45, 7) is 2.70. The number of thioether (sulfide) groups is 1. The fourth-order valence-electron chi connectivity index (χ4n) is 4.14. The minimum Gasteiger partial charge on any atom is -0.493 e. The first-order valence-corrected chi connectivity index (χ1v) is 13.1. The number of nitrogens with zero attached hydrogens (tertiary/aromatic N) is 3. The minimum absolute atomic E-state index is 0.00262. The Morgan fingerprint density at radius 2 is 1.94 bits per heavy atom. The number of rotatable bonds is 11. The number of methoxy groups -OCH3 is 2. The minimum atomic E-state index is -0.182. The van der Waals surface area contributed by atoms with E-state index < -0.39 is 0 Å². The number of amides is 1. The van der Waals surface area contributed by atoms with Crippen LogP contribution in [0, 0.1) is 11.7 Å². The van der Waals surface area contributed by atoms with E-state index in [2.05, 4.69) is 20.4 Å². The molecule has 1 aliphatic rings. The highest BCUT2D eigenvalue weighted by atomic mass is 32.2. The molecule has 2 heterocycles. The molecule has 1 saturated heterocycles. The van der Waals surface area contributed by atoms with Gasteiger partial charge in [0.05, 0.1) is 20.8 Å². The molecule has 1 fully saturated rings. The fourth-order valence-corrected chi connectivity index (χ4v) is 4.99. The molecule has 0 aliphatic carbocycles. The fraction of sp³-hybridized carbons (Fsp3) is 0.423. The van der Waals surface area contributed by atoms with E-state index in [9.17, 15) is 9.18 Å². The molecule has 0 radical (unpaired) electrons. The maximum atomic E-state index is 13.7. The molecule has 1 aliphatic heterocycles. The lowest BCUT2D eigenvalue weighted by atomic mass is 9.96. The summed E-state index contributed by atoms with van der Waals surface area (Å²) in [4.78, 5) is 19.3. The molecular formula is C26H31FN4O4S. The molecular weight excluding hydrogens is 483 g/mol. The van der Waals surface area contributed by atoms with Crippen molar-refractivity contribution in [3.8, 4) is 22.9 Å². The van der Waals surface area contributed by atoms with Gasteiger partial charge in [-0.15, -0.1) is 0 Å². The Morgan fingerprint density at radius 3 is 2.69 bits per heavy atom. The summed E-state index contributed by atoms with van der Waals surface area (Å²) >= 11 is 1.62. The number of hydrogen-bond acceptors (Lipinski definition) is 8. The van der Waals surface area contributed by atoms with Crippen LogP contribution >= 0.6 is 11.8 Å². The van der Waals surface area contributed by atoms with E-state index in [0.29, 0.717) is 47.6 Å². The van der Waals surface area contributed by atoms with Crippen molar-refractivity contribution in [1.29, 1.82) is 0 Å². The number of halogens is 1. The Hall–Kier alpha value is -3.11. The van der Waals surface area contributed by atoms with E-state index in [1.165, 1.54) is 6.07 Å². The molecule has 10 heteroatoms. The van der Waals surface area contributed by atoms with Gasteiger partial charge in [0, 0.05) is 29.5 Å². The number of carbonyl (C=O) groups is 1. The van der Waals surface area contributed by atoms with E-state index in [4.69, 9.17) is 14.0 Å². The van der Waals surface area contributed by atoms with Crippen molar-refractivity contribution in [3.63, 3.8) is 0 Å². The Bertz CT molecular complexity index is 1150. The topological polar surface area (TPSA) is 89.7 Å². The predicted molar refractivity (Wildman–Crippen MR) is 136 cm³/mol. The first-order valence-electron chi connectivity index (χ1n) is 11.9. The van der Waals surface area contributed by atoms with E-state index in [0.717, 1.165) is 37.2 Å². The summed E-state index contributed by atoms with van der Waals surface area (Å²) in [6.07, 6.45) is 1.57. The van der Waals surface area contributed by atoms with Gasteiger partial charge in [-0.2, -0.15) is 16.7 Å². The number of ether oxygens (including phenoxy) is 2. The lowest BCUT2D eigenvalue weighted by Gasteiger charge is -2.30. The van der Waals surface area contributed by atoms with Gasteiger partial charge >= 0.3 is 0 Å². The largest absolute Gasteiger partial charge is 0.493 e. The van der Waals surface area contributed by atoms with Crippen LogP contribution in [0.4, 0.5) is 4.39 Å². The lowest BCUT2D eigenvalue weighted by Crippen LogP contribution is -2.40. The number of carbonyl (C=O) groups excluding carboxylic acids is 1. The Kier molecular flexibility index (Phi) is 9.18. The number of piperidine rings is 1. The Balaban J connectivity index is 1.17. The second kappa shape index (κ2) is 12.7. The number of likely N-dealkylation sites (tertiary alicyclic amines) is 1. The lowest BCUT2D eigenvalue weighted by molar-refractivity contribution is -0.126. The van der Waals surface area contributed by atoms with E-state index in [-0.39, 0.29) is 17.6 Å². The molecule has 1 amide bonds. The van der Waals surface area contributed by atoms with Gasteiger partial charge in [-0.1, -0.05) is 23.4 Å². The van der Waals surface area contributed by atoms with Gasteiger partial charge in [0.15, 0.2) is 11.5 Å². The molecule has 0 saturated carbocycles. The Labute approximate surface area is 214 Å². The average Bonchev–Trinajstić information content (AvgIpc) is 3.37. The second-order valence-corrected chi connectivity index (χ2v) is 9.67. The van der Waals surface area contributed by atoms with Crippen molar-refractivity contribution in [3.05, 3.63) is 59.7 Å². The molecule has 0 spiro atoms. The van der Waals surface area contributed by atoms with Crippen molar-refractivity contribution in [2.45, 2.75) is 25.1 Å². The molecule has 0 bridgehead atoms. The summed E-state index contributed by atoms with van der Waals surface area (Å²) in [5.41, 5.74) is 1.48. The van der Waals surface area contributed by atoms with Crippen LogP contribution in [-0.4, -0.2) is 60.6 Å². The zero-order valence-electron chi connectivity index (χ0n) is 20.5. The monoisotopic (exact) mass is 514 g/mol. The predicted octanol–water partition coefficient (Wildman–Crippen LogP) is 4.15. The van der Waals surface area contributed by atoms with Crippen LogP contribution < -0.4 is 14.8 Å². The third-order valence-electron chi connectivity index (χ3n) is 6.19. The van der Waals surface area contributed by atoms with Crippen LogP contribution in [0.1, 0.15) is 24.3 Å². The summed E-state index contributed by atoms with van der Waals surface area (Å²) in [7, 11) is 3.17. The van der Waals surface area contributed by atoms with Gasteiger partial charge in [0.1, 0.15) is 5.82 Å². The smallest absolute Gasteiger partial charge is 0.241 e. The van der Waals surface area contributed by atoms with E-state index in [1.54, 1.807) is 38.1 Å². The van der Waals surface area contributed by atoms with Crippen LogP contribution in [0.2, 0.25) is 0 Å². The van der Waals surface area contributed by atoms with Crippen molar-refractivity contribution in [1.82, 2.24) is 20.4 Å². The molecule has 1 aromatic heterocycles. The quantitative estimate of drug-likeness (QED) is 0.382. The van der Waals surface area contributed by atoms with Crippen LogP contribution in [-0.2, 0) is 17.1 Å². The normalized spacial score (nSPS) is 14.5. The summed E-state index contributed by atoms with van der Waals surface area (Å²) in [6, 6.07) is 12.3. The highest BCUT2D eigenvalue weighted by Crippen LogP contribution is 2.31. The number of nitrogens with one attached hydrogen (secondary N) is 1. The second-order valence-electron chi connectivity index (χ2n) is 8.57. The van der Waals surface area contributed by atoms with Gasteiger partial charge in [-0.25, -0.2) is 4.39 Å². The van der Waals surface area contributed by atoms with E-state index >= 15 is 0 Å². The number of hydrogen-bond donors (Lipinski definition) is 1. The van der Waals surface area contributed by atoms with Crippen LogP contribution in [0.3, 0.4) is 0 Å². The molecule has 2 aromatic carbocycles. The maximum Gasteiger partial charge on any atom is 0.241 e. The first kappa shape index (κ1) is 26.0. The van der Waals surface area contributed by atoms with Gasteiger partial charge in [-0.3, -0.25) is 9.69 Å². The SMILES string of the molecule is COc1ccc(-c2noc(CN3CCC(C(=O)NCCSCc4ccccc4F)CC3)n2)cc1OC. The first-order chi connectivity index (χ1) is 17.6. The van der Waals surface area contributed by atoms with Crippen LogP contribution in [0.25, 0.3) is 11.4 Å². The standard InChI is InChI=1S/C26H31FN4O4S/c1-33-22-8-7-19(15-23(22)34-2)25-29-24(35-30-25)16-31-12-9-18(10-13-31)26(32)28-11-14-36-17-20-5-3-4-6-21(20)27/h3-8,15,18H,9-14,16-17H2,1-2H3,(H,28,32). The van der Waals surface area contributed by atoms with Gasteiger partial charge in [-0.05, 0) is 55.8 Å². The Morgan fingerprint density at radius 1 is 1.17 bits per heavy atom. The molecule has 3 aromatic rings. The third kappa shape index (κ3) is 6.76. The van der Waals surface area contributed by atoms with Gasteiger partial charge in [0.2, 0.25) is 17.6 Å². The molecule has 4 rings (SSSR count). The molecule has 0 atom stereocenters. The third-order valence-corrected chi connectivity index (χ3v) is 7.20. The van der Waals surface area contributed by atoms with E-state index in [1.807, 2.05) is 24.3 Å². The van der Waals surface area contributed by atoms with Crippen LogP contribution in [0.5, 0.6) is 11.5 Å². The number of benzene rings is 2. The van der Waals surface area contributed by atoms with Crippen molar-refractivity contribution in [2.24, 2.45) is 5.92 Å². The summed E-state index contributed by atoms with van der Waals surface area (Å²) in [5, 5.41) is 7.13. The average molecular weight is 515 g/mol. The summed E-state index contributed by atoms with van der Waals surface area (Å²) < 4.78 is 29.7. The number of aromatic nitrogens is 2. The van der Waals surface area contributed by atoms with Gasteiger partial charge < -0.3 is 19.3 Å². The maximum absolute atomic E-state index is 13.7. The summed E-state index contributed by atoms with van der Waals surface area (Å²) in [5.74, 6) is 3.53. The molecule has 1 N–H and O–H groups in total. The molecule has 0 unspecified atom stereocenters. The molecule has 36 heavy (non-hydrogen) atoms. The molecule has 8 nitrogen and oxygen atoms in total. The highest BCUT2D eigenvalue weighted by Gasteiger charge is 2.26. The van der Waals surface area contributed by atoms with Crippen molar-refractivity contribution < 1.29 is 23.2 Å². The van der Waals surface area contributed by atoms with Crippen molar-refractivity contribution in [2.75, 3.05) is 39.6 Å². The zero-order valence-corrected chi connectivity index (χ0v) is 21.4. The van der Waals surface area contributed by atoms with Crippen molar-refractivity contribution >= 4 is 17.7 Å². The molecule has 192 valence electrons. The highest BCUT2D eigenvalue weighted by molar-refractivity contribution is 7.98. The zero-order chi connectivity index (χ0) is 25.3. The van der Waals surface area contributed by atoms with Crippen LogP contribution in [0.15, 0.2) is 47.0 Å². The van der Waals surface area contributed by atoms with Gasteiger partial charge in [0.25, 0.3) is 0 Å².